The Bertz CT molecular complexity index is 1010. The highest BCUT2D eigenvalue weighted by atomic mass is 16.5. The lowest BCUT2D eigenvalue weighted by atomic mass is 10.1. The van der Waals surface area contributed by atoms with Crippen LogP contribution < -0.4 is 15.4 Å². The van der Waals surface area contributed by atoms with Crippen LogP contribution in [0.3, 0.4) is 0 Å². The summed E-state index contributed by atoms with van der Waals surface area (Å²) in [4.78, 5) is 4.76. The molecule has 164 valence electrons. The van der Waals surface area contributed by atoms with E-state index < -0.39 is 0 Å². The lowest BCUT2D eigenvalue weighted by molar-refractivity contribution is 0.239. The Morgan fingerprint density at radius 1 is 1.03 bits per heavy atom. The van der Waals surface area contributed by atoms with E-state index in [-0.39, 0.29) is 6.10 Å². The second-order valence-electron chi connectivity index (χ2n) is 7.86. The van der Waals surface area contributed by atoms with Gasteiger partial charge in [-0.25, -0.2) is 4.99 Å². The van der Waals surface area contributed by atoms with Gasteiger partial charge < -0.3 is 19.9 Å². The van der Waals surface area contributed by atoms with Crippen molar-refractivity contribution >= 4 is 5.96 Å². The zero-order chi connectivity index (χ0) is 22.2. The largest absolute Gasteiger partial charge is 0.491 e. The first kappa shape index (κ1) is 22.3. The van der Waals surface area contributed by atoms with Crippen molar-refractivity contribution in [2.24, 2.45) is 12.0 Å². The van der Waals surface area contributed by atoms with E-state index in [9.17, 15) is 0 Å². The lowest BCUT2D eigenvalue weighted by Crippen LogP contribution is -2.37. The average molecular weight is 421 g/mol. The van der Waals surface area contributed by atoms with E-state index in [1.807, 2.05) is 50.6 Å². The SMILES string of the molecule is Cc1ccc(CNC(=NCc2ccccc2)NCc2nnc(C)n2C)c(OC(C)C)c1. The van der Waals surface area contributed by atoms with Crippen molar-refractivity contribution in [3.8, 4) is 5.75 Å². The summed E-state index contributed by atoms with van der Waals surface area (Å²) in [5.41, 5.74) is 3.41. The molecule has 0 fully saturated rings. The first-order chi connectivity index (χ1) is 14.9. The minimum Gasteiger partial charge on any atom is -0.491 e. The van der Waals surface area contributed by atoms with Gasteiger partial charge in [0, 0.05) is 19.2 Å². The number of hydrogen-bond acceptors (Lipinski definition) is 4. The van der Waals surface area contributed by atoms with Gasteiger partial charge in [-0.2, -0.15) is 0 Å². The van der Waals surface area contributed by atoms with Crippen LogP contribution in [0, 0.1) is 13.8 Å². The molecular weight excluding hydrogens is 388 g/mol. The van der Waals surface area contributed by atoms with Gasteiger partial charge in [0.05, 0.1) is 19.2 Å². The summed E-state index contributed by atoms with van der Waals surface area (Å²) < 4.78 is 7.98. The van der Waals surface area contributed by atoms with Crippen molar-refractivity contribution in [1.82, 2.24) is 25.4 Å². The summed E-state index contributed by atoms with van der Waals surface area (Å²) in [6, 6.07) is 16.5. The van der Waals surface area contributed by atoms with E-state index in [4.69, 9.17) is 9.73 Å². The van der Waals surface area contributed by atoms with Gasteiger partial charge in [0.1, 0.15) is 11.6 Å². The molecular formula is C24H32N6O. The highest BCUT2D eigenvalue weighted by Crippen LogP contribution is 2.21. The molecule has 0 radical (unpaired) electrons. The third-order valence-corrected chi connectivity index (χ3v) is 4.89. The number of benzene rings is 2. The van der Waals surface area contributed by atoms with Gasteiger partial charge in [-0.1, -0.05) is 42.5 Å². The highest BCUT2D eigenvalue weighted by molar-refractivity contribution is 5.79. The molecule has 0 saturated heterocycles. The van der Waals surface area contributed by atoms with Gasteiger partial charge >= 0.3 is 0 Å². The molecule has 0 saturated carbocycles. The number of guanidine groups is 1. The van der Waals surface area contributed by atoms with Crippen LogP contribution in [0.2, 0.25) is 0 Å². The van der Waals surface area contributed by atoms with Gasteiger partial charge in [-0.3, -0.25) is 0 Å². The van der Waals surface area contributed by atoms with Crippen LogP contribution >= 0.6 is 0 Å². The normalized spacial score (nSPS) is 11.6. The summed E-state index contributed by atoms with van der Waals surface area (Å²) in [5, 5.41) is 15.2. The van der Waals surface area contributed by atoms with E-state index in [0.29, 0.717) is 25.6 Å². The maximum atomic E-state index is 6.01. The van der Waals surface area contributed by atoms with Crippen molar-refractivity contribution in [3.63, 3.8) is 0 Å². The van der Waals surface area contributed by atoms with E-state index in [1.165, 1.54) is 5.56 Å². The minimum atomic E-state index is 0.115. The maximum absolute atomic E-state index is 6.01. The number of aryl methyl sites for hydroxylation is 2. The predicted octanol–water partition coefficient (Wildman–Crippen LogP) is 3.65. The molecule has 3 rings (SSSR count). The van der Waals surface area contributed by atoms with E-state index in [2.05, 4.69) is 58.1 Å². The molecule has 2 aromatic carbocycles. The van der Waals surface area contributed by atoms with E-state index >= 15 is 0 Å². The van der Waals surface area contributed by atoms with Crippen molar-refractivity contribution in [1.29, 1.82) is 0 Å². The number of nitrogens with one attached hydrogen (secondary N) is 2. The Morgan fingerprint density at radius 2 is 1.77 bits per heavy atom. The van der Waals surface area contributed by atoms with Crippen molar-refractivity contribution in [3.05, 3.63) is 76.9 Å². The predicted molar refractivity (Wildman–Crippen MR) is 124 cm³/mol. The van der Waals surface area contributed by atoms with Crippen LogP contribution in [-0.2, 0) is 26.7 Å². The second-order valence-corrected chi connectivity index (χ2v) is 7.86. The maximum Gasteiger partial charge on any atom is 0.192 e. The monoisotopic (exact) mass is 420 g/mol. The van der Waals surface area contributed by atoms with Crippen molar-refractivity contribution in [2.45, 2.75) is 53.4 Å². The summed E-state index contributed by atoms with van der Waals surface area (Å²) in [6.07, 6.45) is 0.115. The minimum absolute atomic E-state index is 0.115. The molecule has 0 bridgehead atoms. The fourth-order valence-electron chi connectivity index (χ4n) is 3.05. The van der Waals surface area contributed by atoms with Crippen LogP contribution in [0.1, 0.15) is 42.2 Å². The number of aliphatic imine (C=N–C) groups is 1. The molecule has 0 aliphatic carbocycles. The number of rotatable bonds is 8. The first-order valence-corrected chi connectivity index (χ1v) is 10.6. The summed E-state index contributed by atoms with van der Waals surface area (Å²) in [5.74, 6) is 3.34. The van der Waals surface area contributed by atoms with Crippen LogP contribution in [0.15, 0.2) is 53.5 Å². The molecule has 0 amide bonds. The average Bonchev–Trinajstić information content (AvgIpc) is 3.07. The molecule has 31 heavy (non-hydrogen) atoms. The van der Waals surface area contributed by atoms with Crippen LogP contribution in [-0.4, -0.2) is 26.8 Å². The first-order valence-electron chi connectivity index (χ1n) is 10.6. The van der Waals surface area contributed by atoms with Gasteiger partial charge in [0.15, 0.2) is 11.8 Å². The molecule has 1 aromatic heterocycles. The topological polar surface area (TPSA) is 76.4 Å². The lowest BCUT2D eigenvalue weighted by Gasteiger charge is -2.17. The molecule has 0 atom stereocenters. The Labute approximate surface area is 184 Å². The highest BCUT2D eigenvalue weighted by Gasteiger charge is 2.10. The molecule has 3 aromatic rings. The van der Waals surface area contributed by atoms with Crippen LogP contribution in [0.25, 0.3) is 0 Å². The molecule has 0 aliphatic rings. The molecule has 7 nitrogen and oxygen atoms in total. The van der Waals surface area contributed by atoms with Crippen molar-refractivity contribution < 1.29 is 4.74 Å². The van der Waals surface area contributed by atoms with Gasteiger partial charge in [-0.15, -0.1) is 10.2 Å². The number of aromatic nitrogens is 3. The summed E-state index contributed by atoms with van der Waals surface area (Å²) in [6.45, 7) is 9.79. The van der Waals surface area contributed by atoms with Crippen molar-refractivity contribution in [2.75, 3.05) is 0 Å². The standard InChI is InChI=1S/C24H32N6O/c1-17(2)31-22-13-18(3)11-12-21(22)15-26-24(25-14-20-9-7-6-8-10-20)27-16-23-29-28-19(4)30(23)5/h6-13,17H,14-16H2,1-5H3,(H2,25,26,27). The third-order valence-electron chi connectivity index (χ3n) is 4.89. The zero-order valence-corrected chi connectivity index (χ0v) is 19.0. The molecule has 7 heteroatoms. The summed E-state index contributed by atoms with van der Waals surface area (Å²) >= 11 is 0. The number of ether oxygens (including phenoxy) is 1. The van der Waals surface area contributed by atoms with Crippen LogP contribution in [0.4, 0.5) is 0 Å². The number of hydrogen-bond donors (Lipinski definition) is 2. The third kappa shape index (κ3) is 6.57. The second kappa shape index (κ2) is 10.6. The fourth-order valence-corrected chi connectivity index (χ4v) is 3.05. The Morgan fingerprint density at radius 3 is 2.45 bits per heavy atom. The fraction of sp³-hybridized carbons (Fsp3) is 0.375. The molecule has 0 unspecified atom stereocenters. The van der Waals surface area contributed by atoms with E-state index in [0.717, 1.165) is 28.5 Å². The molecule has 0 spiro atoms. The molecule has 0 aliphatic heterocycles. The quantitative estimate of drug-likeness (QED) is 0.430. The van der Waals surface area contributed by atoms with Crippen LogP contribution in [0.5, 0.6) is 5.75 Å². The van der Waals surface area contributed by atoms with Gasteiger partial charge in [-0.05, 0) is 44.9 Å². The van der Waals surface area contributed by atoms with E-state index in [1.54, 1.807) is 0 Å². The zero-order valence-electron chi connectivity index (χ0n) is 19.0. The Balaban J connectivity index is 1.74. The Kier molecular flexibility index (Phi) is 7.65. The molecule has 2 N–H and O–H groups in total. The van der Waals surface area contributed by atoms with Gasteiger partial charge in [0.25, 0.3) is 0 Å². The smallest absolute Gasteiger partial charge is 0.192 e. The molecule has 1 heterocycles. The summed E-state index contributed by atoms with van der Waals surface area (Å²) in [7, 11) is 1.96. The van der Waals surface area contributed by atoms with Gasteiger partial charge in [0.2, 0.25) is 0 Å². The Hall–Kier alpha value is -3.35. The number of nitrogens with zero attached hydrogens (tertiary/aromatic N) is 4.